The normalized spacial score (nSPS) is 13.4. The second-order valence-electron chi connectivity index (χ2n) is 8.28. The molecule has 1 saturated heterocycles. The van der Waals surface area contributed by atoms with E-state index >= 15 is 0 Å². The molecule has 2 aromatic heterocycles. The zero-order chi connectivity index (χ0) is 24.4. The van der Waals surface area contributed by atoms with Gasteiger partial charge in [0, 0.05) is 30.5 Å². The molecule has 0 atom stereocenters. The predicted molar refractivity (Wildman–Crippen MR) is 137 cm³/mol. The van der Waals surface area contributed by atoms with E-state index in [1.165, 1.54) is 16.3 Å². The van der Waals surface area contributed by atoms with E-state index in [1.54, 1.807) is 47.5 Å². The molecule has 9 heteroatoms. The maximum Gasteiger partial charge on any atom is 0.267 e. The summed E-state index contributed by atoms with van der Waals surface area (Å²) in [5.41, 5.74) is 2.77. The molecule has 1 aliphatic rings. The number of aromatic nitrogens is 3. The van der Waals surface area contributed by atoms with Gasteiger partial charge < -0.3 is 10.2 Å². The molecule has 2 amide bonds. The number of nitrogens with zero attached hydrogens (tertiary/aromatic N) is 4. The third-order valence-electron chi connectivity index (χ3n) is 5.74. The lowest BCUT2D eigenvalue weighted by molar-refractivity contribution is -0.117. The molecule has 0 bridgehead atoms. The van der Waals surface area contributed by atoms with Crippen molar-refractivity contribution < 1.29 is 9.59 Å². The van der Waals surface area contributed by atoms with Gasteiger partial charge in [0.2, 0.25) is 11.8 Å². The van der Waals surface area contributed by atoms with Crippen LogP contribution in [-0.2, 0) is 9.59 Å². The fourth-order valence-corrected chi connectivity index (χ4v) is 4.78. The molecule has 0 aliphatic carbocycles. The quantitative estimate of drug-likeness (QED) is 0.328. The van der Waals surface area contributed by atoms with Crippen molar-refractivity contribution in [3.05, 3.63) is 82.8 Å². The summed E-state index contributed by atoms with van der Waals surface area (Å²) < 4.78 is 1.45. The molecule has 4 aromatic rings. The van der Waals surface area contributed by atoms with Crippen LogP contribution < -0.4 is 15.8 Å². The summed E-state index contributed by atoms with van der Waals surface area (Å²) >= 11 is 1.17. The highest BCUT2D eigenvalue weighted by Gasteiger charge is 2.21. The van der Waals surface area contributed by atoms with E-state index in [1.807, 2.05) is 31.2 Å². The lowest BCUT2D eigenvalue weighted by Gasteiger charge is -2.16. The molecule has 3 heterocycles. The van der Waals surface area contributed by atoms with Crippen LogP contribution >= 0.6 is 11.8 Å². The van der Waals surface area contributed by atoms with Crippen molar-refractivity contribution in [2.45, 2.75) is 24.9 Å². The number of pyridine rings is 1. The Labute approximate surface area is 206 Å². The van der Waals surface area contributed by atoms with E-state index in [2.05, 4.69) is 15.3 Å². The van der Waals surface area contributed by atoms with E-state index in [0.717, 1.165) is 24.2 Å². The fourth-order valence-electron chi connectivity index (χ4n) is 3.98. The van der Waals surface area contributed by atoms with Crippen LogP contribution in [0, 0.1) is 6.92 Å². The number of carbonyl (C=O) groups is 2. The topological polar surface area (TPSA) is 97.2 Å². The van der Waals surface area contributed by atoms with Gasteiger partial charge in [0.05, 0.1) is 16.7 Å². The highest BCUT2D eigenvalue weighted by atomic mass is 32.2. The molecule has 1 N–H and O–H groups in total. The zero-order valence-corrected chi connectivity index (χ0v) is 19.9. The summed E-state index contributed by atoms with van der Waals surface area (Å²) in [7, 11) is 0. The Morgan fingerprint density at radius 3 is 2.57 bits per heavy atom. The average Bonchev–Trinajstić information content (AvgIpc) is 3.30. The molecule has 0 saturated carbocycles. The van der Waals surface area contributed by atoms with Gasteiger partial charge in [-0.3, -0.25) is 14.4 Å². The van der Waals surface area contributed by atoms with Crippen molar-refractivity contribution in [1.82, 2.24) is 14.5 Å². The van der Waals surface area contributed by atoms with Gasteiger partial charge in [-0.05, 0) is 61.4 Å². The molecule has 176 valence electrons. The Hall–Kier alpha value is -3.98. The number of thioether (sulfide) groups is 1. The van der Waals surface area contributed by atoms with E-state index in [4.69, 9.17) is 0 Å². The summed E-state index contributed by atoms with van der Waals surface area (Å²) in [6, 6.07) is 18.0. The summed E-state index contributed by atoms with van der Waals surface area (Å²) in [4.78, 5) is 48.7. The first kappa shape index (κ1) is 22.8. The molecule has 0 radical (unpaired) electrons. The number of amides is 2. The third-order valence-corrected chi connectivity index (χ3v) is 6.68. The Balaban J connectivity index is 1.35. The summed E-state index contributed by atoms with van der Waals surface area (Å²) in [6.07, 6.45) is 3.12. The van der Waals surface area contributed by atoms with Crippen LogP contribution in [0.15, 0.2) is 76.8 Å². The van der Waals surface area contributed by atoms with Crippen molar-refractivity contribution in [2.75, 3.05) is 22.5 Å². The Morgan fingerprint density at radius 1 is 1.06 bits per heavy atom. The summed E-state index contributed by atoms with van der Waals surface area (Å²) in [5, 5.41) is 3.74. The smallest absolute Gasteiger partial charge is 0.267 e. The minimum Gasteiger partial charge on any atom is -0.325 e. The van der Waals surface area contributed by atoms with Gasteiger partial charge in [-0.2, -0.15) is 0 Å². The van der Waals surface area contributed by atoms with Gasteiger partial charge in [0.15, 0.2) is 5.16 Å². The van der Waals surface area contributed by atoms with E-state index in [0.29, 0.717) is 34.0 Å². The maximum atomic E-state index is 13.3. The van der Waals surface area contributed by atoms with E-state index in [-0.39, 0.29) is 23.1 Å². The highest BCUT2D eigenvalue weighted by molar-refractivity contribution is 7.99. The van der Waals surface area contributed by atoms with Crippen LogP contribution in [-0.4, -0.2) is 38.6 Å². The van der Waals surface area contributed by atoms with Crippen LogP contribution in [0.25, 0.3) is 16.7 Å². The number of hydrogen-bond donors (Lipinski definition) is 1. The van der Waals surface area contributed by atoms with E-state index in [9.17, 15) is 14.4 Å². The standard InChI is InChI=1S/C26H23N5O3S/c1-17-8-13-22(27-15-17)31-25(34)20-5-2-3-6-21(20)29-26(31)35-16-23(32)28-18-9-11-19(12-10-18)30-14-4-7-24(30)33/h2-3,5-6,8-13,15H,4,7,14,16H2,1H3,(H,28,32). The Kier molecular flexibility index (Phi) is 6.33. The molecule has 35 heavy (non-hydrogen) atoms. The van der Waals surface area contributed by atoms with Gasteiger partial charge in [-0.1, -0.05) is 30.0 Å². The molecule has 1 aliphatic heterocycles. The van der Waals surface area contributed by atoms with Crippen LogP contribution in [0.3, 0.4) is 0 Å². The number of para-hydroxylation sites is 1. The Morgan fingerprint density at radius 2 is 1.86 bits per heavy atom. The molecule has 1 fully saturated rings. The number of benzene rings is 2. The lowest BCUT2D eigenvalue weighted by Crippen LogP contribution is -2.24. The van der Waals surface area contributed by atoms with Crippen LogP contribution in [0.5, 0.6) is 0 Å². The minimum atomic E-state index is -0.234. The highest BCUT2D eigenvalue weighted by Crippen LogP contribution is 2.24. The third kappa shape index (κ3) is 4.81. The van der Waals surface area contributed by atoms with Crippen LogP contribution in [0.2, 0.25) is 0 Å². The van der Waals surface area contributed by atoms with Crippen molar-refractivity contribution >= 4 is 45.9 Å². The SMILES string of the molecule is Cc1ccc(-n2c(SCC(=O)Nc3ccc(N4CCCC4=O)cc3)nc3ccccc3c2=O)nc1. The van der Waals surface area contributed by atoms with Crippen LogP contribution in [0.1, 0.15) is 18.4 Å². The molecular formula is C26H23N5O3S. The van der Waals surface area contributed by atoms with Crippen molar-refractivity contribution in [3.63, 3.8) is 0 Å². The van der Waals surface area contributed by atoms with E-state index < -0.39 is 0 Å². The monoisotopic (exact) mass is 485 g/mol. The molecule has 0 spiro atoms. The number of fused-ring (bicyclic) bond motifs is 1. The number of nitrogens with one attached hydrogen (secondary N) is 1. The largest absolute Gasteiger partial charge is 0.325 e. The van der Waals surface area contributed by atoms with Crippen molar-refractivity contribution in [3.8, 4) is 5.82 Å². The second kappa shape index (κ2) is 9.71. The molecule has 5 rings (SSSR count). The zero-order valence-electron chi connectivity index (χ0n) is 19.1. The van der Waals surface area contributed by atoms with Gasteiger partial charge >= 0.3 is 0 Å². The second-order valence-corrected chi connectivity index (χ2v) is 9.22. The van der Waals surface area contributed by atoms with Gasteiger partial charge in [-0.25, -0.2) is 14.5 Å². The number of hydrogen-bond acceptors (Lipinski definition) is 6. The number of rotatable bonds is 6. The van der Waals surface area contributed by atoms with Crippen molar-refractivity contribution in [1.29, 1.82) is 0 Å². The maximum absolute atomic E-state index is 13.3. The molecular weight excluding hydrogens is 462 g/mol. The van der Waals surface area contributed by atoms with Crippen molar-refractivity contribution in [2.24, 2.45) is 0 Å². The average molecular weight is 486 g/mol. The number of anilines is 2. The first-order valence-electron chi connectivity index (χ1n) is 11.3. The predicted octanol–water partition coefficient (Wildman–Crippen LogP) is 3.95. The first-order valence-corrected chi connectivity index (χ1v) is 12.3. The van der Waals surface area contributed by atoms with Gasteiger partial charge in [0.1, 0.15) is 5.82 Å². The molecule has 2 aromatic carbocycles. The fraction of sp³-hybridized carbons (Fsp3) is 0.192. The molecule has 0 unspecified atom stereocenters. The van der Waals surface area contributed by atoms with Crippen LogP contribution in [0.4, 0.5) is 11.4 Å². The minimum absolute atomic E-state index is 0.0585. The number of aryl methyl sites for hydroxylation is 1. The summed E-state index contributed by atoms with van der Waals surface area (Å²) in [6.45, 7) is 2.64. The lowest BCUT2D eigenvalue weighted by atomic mass is 10.2. The number of carbonyl (C=O) groups excluding carboxylic acids is 2. The summed E-state index contributed by atoms with van der Waals surface area (Å²) in [5.74, 6) is 0.401. The van der Waals surface area contributed by atoms with Gasteiger partial charge in [-0.15, -0.1) is 0 Å². The first-order chi connectivity index (χ1) is 17.0. The molecule has 8 nitrogen and oxygen atoms in total. The van der Waals surface area contributed by atoms with Gasteiger partial charge in [0.25, 0.3) is 5.56 Å². The Bertz CT molecular complexity index is 1470.